The number of hydrogen-bond donors (Lipinski definition) is 2. The van der Waals surface area contributed by atoms with Crippen molar-refractivity contribution in [1.82, 2.24) is 0 Å². The number of rotatable bonds is 6. The summed E-state index contributed by atoms with van der Waals surface area (Å²) in [5.74, 6) is 1.69. The number of anilines is 2. The van der Waals surface area contributed by atoms with Crippen LogP contribution < -0.4 is 20.1 Å². The summed E-state index contributed by atoms with van der Waals surface area (Å²) in [7, 11) is 1.65. The number of benzene rings is 3. The molecular weight excluding hydrogens is 472 g/mol. The molecular formula is C33H38N2O3. The Morgan fingerprint density at radius 3 is 2.29 bits per heavy atom. The lowest BCUT2D eigenvalue weighted by Crippen LogP contribution is -2.27. The number of carbonyl (C=O) groups is 1. The van der Waals surface area contributed by atoms with Crippen molar-refractivity contribution in [3.05, 3.63) is 94.7 Å². The molecule has 5 rings (SSSR count). The zero-order chi connectivity index (χ0) is 26.9. The molecule has 2 unspecified atom stereocenters. The number of ether oxygens (including phenoxy) is 2. The molecule has 2 N–H and O–H groups in total. The first-order valence-corrected chi connectivity index (χ1v) is 13.6. The highest BCUT2D eigenvalue weighted by Gasteiger charge is 2.36. The van der Waals surface area contributed by atoms with Crippen LogP contribution in [0.1, 0.15) is 75.6 Å². The minimum absolute atomic E-state index is 0.0975. The summed E-state index contributed by atoms with van der Waals surface area (Å²) in [6, 6.07) is 22.6. The molecule has 5 nitrogen and oxygen atoms in total. The third kappa shape index (κ3) is 5.15. The SMILES string of the molecule is CCCOc1ccc(C2Nc3ccccc3NC3=C2C(=O)CC(c2ccc(C(C)(C)C)cc2)C3)cc1OC. The number of nitrogens with one attached hydrogen (secondary N) is 2. The zero-order valence-electron chi connectivity index (χ0n) is 23.1. The van der Waals surface area contributed by atoms with Crippen molar-refractivity contribution in [2.75, 3.05) is 24.4 Å². The van der Waals surface area contributed by atoms with Crippen LogP contribution in [0.2, 0.25) is 0 Å². The molecule has 0 aromatic heterocycles. The van der Waals surface area contributed by atoms with Gasteiger partial charge in [0.2, 0.25) is 0 Å². The van der Waals surface area contributed by atoms with E-state index < -0.39 is 0 Å². The Morgan fingerprint density at radius 2 is 1.61 bits per heavy atom. The Balaban J connectivity index is 1.54. The van der Waals surface area contributed by atoms with Crippen molar-refractivity contribution in [1.29, 1.82) is 0 Å². The number of carbonyl (C=O) groups excluding carboxylic acids is 1. The average molecular weight is 511 g/mol. The number of Topliss-reactive ketones (excluding diaryl/α,β-unsaturated/α-hetero) is 1. The number of hydrogen-bond acceptors (Lipinski definition) is 5. The molecule has 2 aliphatic rings. The molecule has 0 radical (unpaired) electrons. The van der Waals surface area contributed by atoms with Gasteiger partial charge in [0.1, 0.15) is 0 Å². The quantitative estimate of drug-likeness (QED) is 0.355. The monoisotopic (exact) mass is 510 g/mol. The van der Waals surface area contributed by atoms with E-state index in [-0.39, 0.29) is 23.2 Å². The fraction of sp³-hybridized carbons (Fsp3) is 0.364. The molecule has 3 aromatic carbocycles. The summed E-state index contributed by atoms with van der Waals surface area (Å²) in [4.78, 5) is 13.9. The molecule has 0 bridgehead atoms. The fourth-order valence-corrected chi connectivity index (χ4v) is 5.43. The first kappa shape index (κ1) is 25.9. The van der Waals surface area contributed by atoms with Gasteiger partial charge < -0.3 is 20.1 Å². The van der Waals surface area contributed by atoms with E-state index in [1.54, 1.807) is 7.11 Å². The maximum Gasteiger partial charge on any atom is 0.163 e. The van der Waals surface area contributed by atoms with Crippen LogP contribution in [-0.4, -0.2) is 19.5 Å². The Bertz CT molecular complexity index is 1350. The first-order chi connectivity index (χ1) is 18.3. The van der Waals surface area contributed by atoms with Crippen molar-refractivity contribution in [3.8, 4) is 11.5 Å². The molecule has 1 aliphatic heterocycles. The topological polar surface area (TPSA) is 59.6 Å². The van der Waals surface area contributed by atoms with E-state index in [0.29, 0.717) is 24.5 Å². The zero-order valence-corrected chi connectivity index (χ0v) is 23.1. The van der Waals surface area contributed by atoms with Crippen LogP contribution in [0.15, 0.2) is 78.0 Å². The van der Waals surface area contributed by atoms with Crippen molar-refractivity contribution < 1.29 is 14.3 Å². The maximum absolute atomic E-state index is 13.9. The second-order valence-corrected chi connectivity index (χ2v) is 11.3. The highest BCUT2D eigenvalue weighted by molar-refractivity contribution is 6.01. The van der Waals surface area contributed by atoms with Gasteiger partial charge in [-0.3, -0.25) is 4.79 Å². The van der Waals surface area contributed by atoms with Gasteiger partial charge in [0, 0.05) is 17.7 Å². The van der Waals surface area contributed by atoms with E-state index in [0.717, 1.165) is 41.1 Å². The van der Waals surface area contributed by atoms with E-state index in [1.807, 2.05) is 30.3 Å². The van der Waals surface area contributed by atoms with Crippen LogP contribution in [-0.2, 0) is 10.2 Å². The van der Waals surface area contributed by atoms with Gasteiger partial charge in [-0.2, -0.15) is 0 Å². The molecule has 0 fully saturated rings. The number of allylic oxidation sites excluding steroid dienone is 1. The van der Waals surface area contributed by atoms with Crippen LogP contribution in [0.3, 0.4) is 0 Å². The van der Waals surface area contributed by atoms with Crippen molar-refractivity contribution in [2.45, 2.75) is 64.3 Å². The van der Waals surface area contributed by atoms with Crippen LogP contribution in [0.5, 0.6) is 11.5 Å². The molecule has 2 atom stereocenters. The lowest BCUT2D eigenvalue weighted by atomic mass is 9.77. The summed E-state index contributed by atoms with van der Waals surface area (Å²) < 4.78 is 11.6. The van der Waals surface area contributed by atoms with Crippen LogP contribution >= 0.6 is 0 Å². The molecule has 3 aromatic rings. The van der Waals surface area contributed by atoms with E-state index in [2.05, 4.69) is 74.7 Å². The highest BCUT2D eigenvalue weighted by atomic mass is 16.5. The summed E-state index contributed by atoms with van der Waals surface area (Å²) in [6.45, 7) is 9.37. The van der Waals surface area contributed by atoms with Gasteiger partial charge in [0.15, 0.2) is 17.3 Å². The molecule has 0 saturated heterocycles. The van der Waals surface area contributed by atoms with Gasteiger partial charge in [-0.05, 0) is 65.1 Å². The Kier molecular flexibility index (Phi) is 7.20. The lowest BCUT2D eigenvalue weighted by molar-refractivity contribution is -0.116. The van der Waals surface area contributed by atoms with Crippen LogP contribution in [0, 0.1) is 0 Å². The number of methoxy groups -OCH3 is 1. The second-order valence-electron chi connectivity index (χ2n) is 11.3. The largest absolute Gasteiger partial charge is 0.493 e. The molecule has 198 valence electrons. The highest BCUT2D eigenvalue weighted by Crippen LogP contribution is 2.45. The Labute approximate surface area is 226 Å². The summed E-state index contributed by atoms with van der Waals surface area (Å²) in [5, 5.41) is 7.30. The van der Waals surface area contributed by atoms with E-state index in [4.69, 9.17) is 9.47 Å². The Hall–Kier alpha value is -3.73. The summed E-state index contributed by atoms with van der Waals surface area (Å²) >= 11 is 0. The lowest BCUT2D eigenvalue weighted by Gasteiger charge is -2.30. The predicted molar refractivity (Wildman–Crippen MR) is 154 cm³/mol. The van der Waals surface area contributed by atoms with Gasteiger partial charge in [-0.25, -0.2) is 0 Å². The molecule has 0 spiro atoms. The standard InChI is InChI=1S/C33H38N2O3/c1-6-17-38-29-16-13-22(20-30(29)37-5)32-31-27(34-25-9-7-8-10-26(25)35-32)18-23(19-28(31)36)21-11-14-24(15-12-21)33(2,3)4/h7-16,20,23,32,34-35H,6,17-19H2,1-5H3. The Morgan fingerprint density at radius 1 is 0.895 bits per heavy atom. The van der Waals surface area contributed by atoms with Crippen LogP contribution in [0.4, 0.5) is 11.4 Å². The third-order valence-electron chi connectivity index (χ3n) is 7.54. The normalized spacial score (nSPS) is 19.0. The minimum Gasteiger partial charge on any atom is -0.493 e. The van der Waals surface area contributed by atoms with Gasteiger partial charge >= 0.3 is 0 Å². The molecule has 1 heterocycles. The number of fused-ring (bicyclic) bond motifs is 1. The van der Waals surface area contributed by atoms with E-state index in [1.165, 1.54) is 11.1 Å². The summed E-state index contributed by atoms with van der Waals surface area (Å²) in [6.07, 6.45) is 2.18. The minimum atomic E-state index is -0.299. The van der Waals surface area contributed by atoms with E-state index in [9.17, 15) is 4.79 Å². The number of ketones is 1. The summed E-state index contributed by atoms with van der Waals surface area (Å²) in [5.41, 5.74) is 7.31. The maximum atomic E-state index is 13.9. The first-order valence-electron chi connectivity index (χ1n) is 13.6. The van der Waals surface area contributed by atoms with Gasteiger partial charge in [-0.1, -0.05) is 70.2 Å². The third-order valence-corrected chi connectivity index (χ3v) is 7.54. The molecule has 5 heteroatoms. The molecule has 38 heavy (non-hydrogen) atoms. The predicted octanol–water partition coefficient (Wildman–Crippen LogP) is 7.76. The molecule has 0 saturated carbocycles. The smallest absolute Gasteiger partial charge is 0.163 e. The fourth-order valence-electron chi connectivity index (χ4n) is 5.43. The van der Waals surface area contributed by atoms with Crippen molar-refractivity contribution in [2.24, 2.45) is 0 Å². The van der Waals surface area contributed by atoms with Gasteiger partial charge in [0.25, 0.3) is 0 Å². The average Bonchev–Trinajstić information content (AvgIpc) is 3.08. The van der Waals surface area contributed by atoms with Crippen molar-refractivity contribution >= 4 is 17.2 Å². The van der Waals surface area contributed by atoms with E-state index >= 15 is 0 Å². The van der Waals surface area contributed by atoms with Gasteiger partial charge in [0.05, 0.1) is 31.1 Å². The molecule has 0 amide bonds. The van der Waals surface area contributed by atoms with Crippen LogP contribution in [0.25, 0.3) is 0 Å². The number of para-hydroxylation sites is 2. The van der Waals surface area contributed by atoms with Gasteiger partial charge in [-0.15, -0.1) is 0 Å². The molecule has 1 aliphatic carbocycles. The second kappa shape index (κ2) is 10.6. The van der Waals surface area contributed by atoms with Crippen molar-refractivity contribution in [3.63, 3.8) is 0 Å².